The Labute approximate surface area is 195 Å². The summed E-state index contributed by atoms with van der Waals surface area (Å²) in [6.07, 6.45) is -0.306. The van der Waals surface area contributed by atoms with Gasteiger partial charge in [-0.3, -0.25) is 4.79 Å². The van der Waals surface area contributed by atoms with Gasteiger partial charge in [-0.2, -0.15) is 0 Å². The van der Waals surface area contributed by atoms with Crippen molar-refractivity contribution in [2.24, 2.45) is 5.92 Å². The van der Waals surface area contributed by atoms with Crippen LogP contribution in [0.4, 0.5) is 20.2 Å². The molecule has 2 aromatic carbocycles. The number of thioether (sulfide) groups is 1. The van der Waals surface area contributed by atoms with Gasteiger partial charge in [0.1, 0.15) is 12.4 Å². The van der Waals surface area contributed by atoms with E-state index >= 15 is 0 Å². The van der Waals surface area contributed by atoms with Crippen LogP contribution in [-0.4, -0.2) is 53.3 Å². The second-order valence-corrected chi connectivity index (χ2v) is 10.8. The van der Waals surface area contributed by atoms with Crippen molar-refractivity contribution < 1.29 is 23.4 Å². The summed E-state index contributed by atoms with van der Waals surface area (Å²) in [5.74, 6) is -3.66. The summed E-state index contributed by atoms with van der Waals surface area (Å²) in [6, 6.07) is 14.0. The number of para-hydroxylation sites is 1. The predicted octanol–water partition coefficient (Wildman–Crippen LogP) is 5.77. The maximum atomic E-state index is 13.5. The quantitative estimate of drug-likeness (QED) is 0.505. The molecule has 172 valence electrons. The zero-order chi connectivity index (χ0) is 22.9. The molecule has 0 bridgehead atoms. The molecule has 32 heavy (non-hydrogen) atoms. The van der Waals surface area contributed by atoms with Crippen LogP contribution < -0.4 is 9.64 Å². The van der Waals surface area contributed by atoms with E-state index in [0.717, 1.165) is 34.3 Å². The average Bonchev–Trinajstić information content (AvgIpc) is 2.89. The summed E-state index contributed by atoms with van der Waals surface area (Å²) in [7, 11) is 2.02. The molecule has 1 fully saturated rings. The van der Waals surface area contributed by atoms with E-state index in [1.54, 1.807) is 18.9 Å². The molecule has 0 spiro atoms. The summed E-state index contributed by atoms with van der Waals surface area (Å²) in [5, 5.41) is 9.03. The van der Waals surface area contributed by atoms with Crippen molar-refractivity contribution in [1.29, 1.82) is 0 Å². The van der Waals surface area contributed by atoms with Crippen LogP contribution in [0.25, 0.3) is 0 Å². The lowest BCUT2D eigenvalue weighted by molar-refractivity contribution is -0.142. The summed E-state index contributed by atoms with van der Waals surface area (Å²) < 4.78 is 35.0. The van der Waals surface area contributed by atoms with Crippen molar-refractivity contribution in [2.45, 2.75) is 40.7 Å². The number of halogens is 2. The molecular weight excluding hydrogens is 454 g/mol. The highest BCUT2D eigenvalue weighted by atomic mass is 32.2. The zero-order valence-corrected chi connectivity index (χ0v) is 19.6. The summed E-state index contributed by atoms with van der Waals surface area (Å²) in [6.45, 7) is 3.22. The minimum Gasteiger partial charge on any atom is -0.491 e. The van der Waals surface area contributed by atoms with Gasteiger partial charge in [0.2, 0.25) is 5.92 Å². The SMILES string of the molecule is CC(COc1cc2c(cc1SC1CC(F)(F)C1)N(c1ccccc1)CCN(C)S2)C(=O)O. The number of hydrogen-bond acceptors (Lipinski definition) is 6. The fourth-order valence-corrected chi connectivity index (χ4v) is 5.98. The van der Waals surface area contributed by atoms with Gasteiger partial charge in [0, 0.05) is 36.9 Å². The Balaban J connectivity index is 1.70. The lowest BCUT2D eigenvalue weighted by atomic mass is 9.94. The van der Waals surface area contributed by atoms with Gasteiger partial charge >= 0.3 is 5.97 Å². The van der Waals surface area contributed by atoms with E-state index in [-0.39, 0.29) is 24.7 Å². The Morgan fingerprint density at radius 1 is 1.28 bits per heavy atom. The zero-order valence-electron chi connectivity index (χ0n) is 18.0. The van der Waals surface area contributed by atoms with E-state index in [2.05, 4.69) is 21.3 Å². The van der Waals surface area contributed by atoms with Crippen LogP contribution in [0.2, 0.25) is 0 Å². The molecule has 2 aliphatic rings. The highest BCUT2D eigenvalue weighted by Crippen LogP contribution is 2.51. The number of benzene rings is 2. The first-order valence-electron chi connectivity index (χ1n) is 10.5. The lowest BCUT2D eigenvalue weighted by Gasteiger charge is -2.35. The van der Waals surface area contributed by atoms with Crippen LogP contribution in [-0.2, 0) is 4.79 Å². The third-order valence-corrected chi connectivity index (χ3v) is 7.79. The topological polar surface area (TPSA) is 53.0 Å². The summed E-state index contributed by atoms with van der Waals surface area (Å²) in [5.41, 5.74) is 2.06. The van der Waals surface area contributed by atoms with Crippen molar-refractivity contribution in [3.05, 3.63) is 42.5 Å². The predicted molar refractivity (Wildman–Crippen MR) is 124 cm³/mol. The number of anilines is 2. The molecule has 1 N–H and O–H groups in total. The summed E-state index contributed by atoms with van der Waals surface area (Å²) >= 11 is 2.99. The molecule has 0 amide bonds. The van der Waals surface area contributed by atoms with Crippen molar-refractivity contribution >= 4 is 41.1 Å². The van der Waals surface area contributed by atoms with Gasteiger partial charge in [-0.15, -0.1) is 11.8 Å². The lowest BCUT2D eigenvalue weighted by Crippen LogP contribution is -2.37. The average molecular weight is 481 g/mol. The third-order valence-electron chi connectivity index (χ3n) is 5.53. The first-order valence-corrected chi connectivity index (χ1v) is 12.2. The molecule has 0 radical (unpaired) electrons. The van der Waals surface area contributed by atoms with Crippen LogP contribution in [0.3, 0.4) is 0 Å². The number of carboxylic acid groups (broad SMARTS) is 1. The number of hydrogen-bond donors (Lipinski definition) is 1. The molecule has 1 aliphatic heterocycles. The first-order chi connectivity index (χ1) is 15.2. The van der Waals surface area contributed by atoms with Gasteiger partial charge in [-0.25, -0.2) is 13.1 Å². The van der Waals surface area contributed by atoms with E-state index in [1.165, 1.54) is 11.8 Å². The maximum Gasteiger partial charge on any atom is 0.309 e. The smallest absolute Gasteiger partial charge is 0.309 e. The molecule has 1 saturated carbocycles. The van der Waals surface area contributed by atoms with Gasteiger partial charge in [-0.05, 0) is 50.2 Å². The number of ether oxygens (including phenoxy) is 1. The highest BCUT2D eigenvalue weighted by molar-refractivity contribution is 8.00. The van der Waals surface area contributed by atoms with Crippen LogP contribution in [0.15, 0.2) is 52.3 Å². The third kappa shape index (κ3) is 5.32. The number of nitrogens with zero attached hydrogens (tertiary/aromatic N) is 2. The molecule has 1 atom stereocenters. The van der Waals surface area contributed by atoms with Gasteiger partial charge in [0.25, 0.3) is 0 Å². The van der Waals surface area contributed by atoms with E-state index in [9.17, 15) is 18.7 Å². The molecule has 9 heteroatoms. The highest BCUT2D eigenvalue weighted by Gasteiger charge is 2.46. The number of carbonyl (C=O) groups is 1. The minimum absolute atomic E-state index is 0.0193. The Morgan fingerprint density at radius 3 is 2.66 bits per heavy atom. The van der Waals surface area contributed by atoms with Crippen molar-refractivity contribution in [2.75, 3.05) is 31.6 Å². The first kappa shape index (κ1) is 23.2. The van der Waals surface area contributed by atoms with E-state index in [0.29, 0.717) is 5.75 Å². The number of aliphatic carboxylic acids is 1. The Morgan fingerprint density at radius 2 is 2.00 bits per heavy atom. The second kappa shape index (κ2) is 9.49. The standard InChI is InChI=1S/C23H26F2N2O3S2/c1-15(22(28)29)14-30-19-11-20-18(10-21(19)31-17-12-23(24,25)13-17)27(9-8-26(2)32-20)16-6-4-3-5-7-16/h3-7,10-11,15,17H,8-9,12-14H2,1-2H3,(H,28,29). The molecule has 0 saturated heterocycles. The van der Waals surface area contributed by atoms with Crippen molar-refractivity contribution in [3.8, 4) is 5.75 Å². The van der Waals surface area contributed by atoms with Crippen molar-refractivity contribution in [3.63, 3.8) is 0 Å². The van der Waals surface area contributed by atoms with Crippen molar-refractivity contribution in [1.82, 2.24) is 4.31 Å². The molecular formula is C23H26F2N2O3S2. The Hall–Kier alpha value is -1.97. The fourth-order valence-electron chi connectivity index (χ4n) is 3.63. The van der Waals surface area contributed by atoms with Crippen LogP contribution in [0, 0.1) is 5.92 Å². The molecule has 4 rings (SSSR count). The Kier molecular flexibility index (Phi) is 6.88. The van der Waals surface area contributed by atoms with Crippen LogP contribution >= 0.6 is 23.7 Å². The monoisotopic (exact) mass is 480 g/mol. The molecule has 2 aromatic rings. The number of carboxylic acids is 1. The molecule has 0 aromatic heterocycles. The number of alkyl halides is 2. The Bertz CT molecular complexity index is 969. The van der Waals surface area contributed by atoms with Crippen LogP contribution in [0.1, 0.15) is 19.8 Å². The number of rotatable bonds is 7. The summed E-state index contributed by atoms with van der Waals surface area (Å²) in [4.78, 5) is 15.2. The molecule has 1 heterocycles. The van der Waals surface area contributed by atoms with E-state index in [4.69, 9.17) is 4.74 Å². The molecule has 1 aliphatic carbocycles. The largest absolute Gasteiger partial charge is 0.491 e. The number of likely N-dealkylation sites (N-methyl/N-ethyl adjacent to an activating group) is 1. The fraction of sp³-hybridized carbons (Fsp3) is 0.435. The molecule has 5 nitrogen and oxygen atoms in total. The van der Waals surface area contributed by atoms with Gasteiger partial charge in [0.15, 0.2) is 0 Å². The molecule has 1 unspecified atom stereocenters. The van der Waals surface area contributed by atoms with Gasteiger partial charge in [-0.1, -0.05) is 18.2 Å². The maximum absolute atomic E-state index is 13.5. The van der Waals surface area contributed by atoms with Gasteiger partial charge in [0.05, 0.1) is 21.4 Å². The van der Waals surface area contributed by atoms with Crippen LogP contribution in [0.5, 0.6) is 5.75 Å². The normalized spacial score (nSPS) is 19.6. The van der Waals surface area contributed by atoms with Gasteiger partial charge < -0.3 is 14.7 Å². The van der Waals surface area contributed by atoms with E-state index < -0.39 is 17.8 Å². The minimum atomic E-state index is -2.60. The van der Waals surface area contributed by atoms with E-state index in [1.807, 2.05) is 37.4 Å². The second-order valence-electron chi connectivity index (χ2n) is 8.25. The number of fused-ring (bicyclic) bond motifs is 1.